The summed E-state index contributed by atoms with van der Waals surface area (Å²) in [6.45, 7) is 1.12. The summed E-state index contributed by atoms with van der Waals surface area (Å²) in [6, 6.07) is 7.64. The highest BCUT2D eigenvalue weighted by Gasteiger charge is 2.42. The van der Waals surface area contributed by atoms with Crippen molar-refractivity contribution in [1.82, 2.24) is 9.88 Å². The van der Waals surface area contributed by atoms with Crippen LogP contribution in [0.3, 0.4) is 0 Å². The number of methoxy groups -OCH3 is 1. The Labute approximate surface area is 179 Å². The van der Waals surface area contributed by atoms with E-state index in [1.165, 1.54) is 12.0 Å². The highest BCUT2D eigenvalue weighted by Crippen LogP contribution is 2.26. The fraction of sp³-hybridized carbons (Fsp3) is 0.318. The molecule has 1 fully saturated rings. The van der Waals surface area contributed by atoms with Crippen LogP contribution >= 0.6 is 0 Å². The van der Waals surface area contributed by atoms with Crippen molar-refractivity contribution in [2.24, 2.45) is 5.73 Å². The highest BCUT2D eigenvalue weighted by atomic mass is 19.1. The van der Waals surface area contributed by atoms with Gasteiger partial charge >= 0.3 is 0 Å². The van der Waals surface area contributed by atoms with E-state index in [9.17, 15) is 19.1 Å². The van der Waals surface area contributed by atoms with Crippen LogP contribution in [-0.2, 0) is 9.53 Å². The molecule has 0 spiro atoms. The predicted molar refractivity (Wildman–Crippen MR) is 113 cm³/mol. The molecule has 8 nitrogen and oxygen atoms in total. The number of nitrogens with one attached hydrogen (secondary N) is 1. The number of carbonyl (C=O) groups is 2. The smallest absolute Gasteiger partial charge is 0.269 e. The number of nitrogens with zero attached hydrogens (tertiary/aromatic N) is 2. The van der Waals surface area contributed by atoms with Crippen LogP contribution in [0.1, 0.15) is 22.5 Å². The van der Waals surface area contributed by atoms with Crippen molar-refractivity contribution in [2.75, 3.05) is 39.2 Å². The number of likely N-dealkylation sites (tertiary alicyclic amines) is 1. The largest absolute Gasteiger partial charge is 0.383 e. The number of primary amides is 1. The number of halogens is 1. The van der Waals surface area contributed by atoms with Gasteiger partial charge in [-0.1, -0.05) is 24.0 Å². The summed E-state index contributed by atoms with van der Waals surface area (Å²) in [5.41, 5.74) is 4.53. The average molecular weight is 426 g/mol. The van der Waals surface area contributed by atoms with E-state index in [1.54, 1.807) is 31.3 Å². The van der Waals surface area contributed by atoms with Gasteiger partial charge in [0.05, 0.1) is 12.3 Å². The molecule has 9 heteroatoms. The summed E-state index contributed by atoms with van der Waals surface area (Å²) in [5.74, 6) is 3.49. The van der Waals surface area contributed by atoms with Gasteiger partial charge in [-0.2, -0.15) is 0 Å². The lowest BCUT2D eigenvalue weighted by molar-refractivity contribution is -0.137. The molecule has 0 radical (unpaired) electrons. The Morgan fingerprint density at radius 3 is 2.87 bits per heavy atom. The van der Waals surface area contributed by atoms with Crippen LogP contribution in [0, 0.1) is 17.7 Å². The van der Waals surface area contributed by atoms with E-state index in [4.69, 9.17) is 10.5 Å². The zero-order chi connectivity index (χ0) is 22.6. The molecule has 1 aliphatic rings. The number of aromatic nitrogens is 1. The van der Waals surface area contributed by atoms with Gasteiger partial charge in [0.2, 0.25) is 5.60 Å². The number of pyridine rings is 1. The number of carbonyl (C=O) groups excluding carboxylic acids is 2. The van der Waals surface area contributed by atoms with Crippen LogP contribution in [0.5, 0.6) is 0 Å². The minimum atomic E-state index is -1.73. The molecule has 0 bridgehead atoms. The van der Waals surface area contributed by atoms with Gasteiger partial charge in [-0.15, -0.1) is 0 Å². The average Bonchev–Trinajstić information content (AvgIpc) is 3.00. The molecular formula is C22H23FN4O4. The number of benzene rings is 1. The van der Waals surface area contributed by atoms with Gasteiger partial charge in [0.25, 0.3) is 11.8 Å². The normalized spacial score (nSPS) is 17.9. The van der Waals surface area contributed by atoms with Crippen molar-refractivity contribution in [3.63, 3.8) is 0 Å². The van der Waals surface area contributed by atoms with Crippen molar-refractivity contribution in [2.45, 2.75) is 12.0 Å². The first-order valence-corrected chi connectivity index (χ1v) is 9.60. The van der Waals surface area contributed by atoms with Crippen LogP contribution in [-0.4, -0.2) is 66.3 Å². The summed E-state index contributed by atoms with van der Waals surface area (Å²) in [5, 5.41) is 13.3. The molecule has 0 saturated carbocycles. The standard InChI is InChI=1S/C22H23FN4O4/c1-27-10-8-22(30,21(27)29)7-6-14-4-3-5-15(12-14)18-16(23)13-17(25-9-11-31-2)19(26-18)20(24)28/h3-5,12-13,25,30H,8-11H2,1-2H3,(H2,24,28)/t22-/m0/s1. The van der Waals surface area contributed by atoms with Gasteiger partial charge in [-0.05, 0) is 12.1 Å². The third-order valence-electron chi connectivity index (χ3n) is 4.89. The minimum absolute atomic E-state index is 0.0647. The molecule has 0 aliphatic carbocycles. The molecule has 0 unspecified atom stereocenters. The van der Waals surface area contributed by atoms with Gasteiger partial charge in [0.15, 0.2) is 11.5 Å². The zero-order valence-electron chi connectivity index (χ0n) is 17.2. The number of hydrogen-bond acceptors (Lipinski definition) is 6. The monoisotopic (exact) mass is 426 g/mol. The van der Waals surface area contributed by atoms with Crippen molar-refractivity contribution in [3.8, 4) is 23.1 Å². The summed E-state index contributed by atoms with van der Waals surface area (Å²) in [6.07, 6.45) is 0.213. The van der Waals surface area contributed by atoms with Gasteiger partial charge in [0, 0.05) is 50.9 Å². The van der Waals surface area contributed by atoms with Crippen molar-refractivity contribution < 1.29 is 23.8 Å². The summed E-state index contributed by atoms with van der Waals surface area (Å²) < 4.78 is 19.7. The van der Waals surface area contributed by atoms with E-state index >= 15 is 0 Å². The van der Waals surface area contributed by atoms with Crippen molar-refractivity contribution in [3.05, 3.63) is 47.4 Å². The maximum Gasteiger partial charge on any atom is 0.269 e. The van der Waals surface area contributed by atoms with Gasteiger partial charge in [0.1, 0.15) is 5.69 Å². The molecule has 1 aromatic heterocycles. The zero-order valence-corrected chi connectivity index (χ0v) is 17.2. The highest BCUT2D eigenvalue weighted by molar-refractivity contribution is 5.97. The SMILES string of the molecule is COCCNc1cc(F)c(-c2cccc(C#C[C@]3(O)CCN(C)C3=O)c2)nc1C(N)=O. The number of anilines is 1. The van der Waals surface area contributed by atoms with E-state index in [1.807, 2.05) is 0 Å². The van der Waals surface area contributed by atoms with Crippen LogP contribution in [0.25, 0.3) is 11.3 Å². The number of hydrogen-bond donors (Lipinski definition) is 3. The van der Waals surface area contributed by atoms with E-state index in [2.05, 4.69) is 22.1 Å². The van der Waals surface area contributed by atoms with Gasteiger partial charge in [-0.25, -0.2) is 9.37 Å². The molecule has 162 valence electrons. The lowest BCUT2D eigenvalue weighted by Crippen LogP contribution is -2.37. The van der Waals surface area contributed by atoms with E-state index < -0.39 is 23.2 Å². The molecular weight excluding hydrogens is 403 g/mol. The Morgan fingerprint density at radius 1 is 1.45 bits per heavy atom. The Hall–Kier alpha value is -3.48. The maximum absolute atomic E-state index is 14.8. The van der Waals surface area contributed by atoms with Gasteiger partial charge < -0.3 is 25.8 Å². The summed E-state index contributed by atoms with van der Waals surface area (Å²) >= 11 is 0. The first-order valence-electron chi connectivity index (χ1n) is 9.60. The van der Waals surface area contributed by atoms with E-state index in [0.717, 1.165) is 6.07 Å². The lowest BCUT2D eigenvalue weighted by Gasteiger charge is -2.13. The molecule has 2 amide bonds. The molecule has 1 atom stereocenters. The van der Waals surface area contributed by atoms with Crippen LogP contribution in [0.4, 0.5) is 10.1 Å². The maximum atomic E-state index is 14.8. The van der Waals surface area contributed by atoms with Crippen molar-refractivity contribution in [1.29, 1.82) is 0 Å². The number of ether oxygens (including phenoxy) is 1. The second-order valence-electron chi connectivity index (χ2n) is 7.17. The first-order chi connectivity index (χ1) is 14.7. The molecule has 1 aromatic carbocycles. The van der Waals surface area contributed by atoms with Gasteiger partial charge in [-0.3, -0.25) is 9.59 Å². The predicted octanol–water partition coefficient (Wildman–Crippen LogP) is 0.990. The molecule has 31 heavy (non-hydrogen) atoms. The minimum Gasteiger partial charge on any atom is -0.383 e. The fourth-order valence-corrected chi connectivity index (χ4v) is 3.19. The van der Waals surface area contributed by atoms with Crippen molar-refractivity contribution >= 4 is 17.5 Å². The Kier molecular flexibility index (Phi) is 6.53. The number of likely N-dealkylation sites (N-methyl/N-ethyl adjacent to an activating group) is 1. The molecule has 4 N–H and O–H groups in total. The fourth-order valence-electron chi connectivity index (χ4n) is 3.19. The number of nitrogens with two attached hydrogens (primary N) is 1. The third kappa shape index (κ3) is 4.82. The number of amides is 2. The molecule has 3 rings (SSSR count). The Morgan fingerprint density at radius 2 is 2.23 bits per heavy atom. The summed E-state index contributed by atoms with van der Waals surface area (Å²) in [4.78, 5) is 29.4. The number of aliphatic hydroxyl groups is 1. The summed E-state index contributed by atoms with van der Waals surface area (Å²) in [7, 11) is 3.12. The van der Waals surface area contributed by atoms with Crippen LogP contribution in [0.15, 0.2) is 30.3 Å². The second-order valence-corrected chi connectivity index (χ2v) is 7.17. The lowest BCUT2D eigenvalue weighted by atomic mass is 10.0. The third-order valence-corrected chi connectivity index (χ3v) is 4.89. The van der Waals surface area contributed by atoms with Crippen LogP contribution < -0.4 is 11.1 Å². The number of rotatable bonds is 6. The molecule has 2 aromatic rings. The van der Waals surface area contributed by atoms with E-state index in [0.29, 0.717) is 30.8 Å². The molecule has 2 heterocycles. The molecule has 1 aliphatic heterocycles. The quantitative estimate of drug-likeness (QED) is 0.468. The Bertz CT molecular complexity index is 1080. The second kappa shape index (κ2) is 9.12. The Balaban J connectivity index is 1.94. The first kappa shape index (κ1) is 22.2. The molecule has 1 saturated heterocycles. The van der Waals surface area contributed by atoms with E-state index in [-0.39, 0.29) is 23.5 Å². The van der Waals surface area contributed by atoms with Crippen LogP contribution in [0.2, 0.25) is 0 Å². The topological polar surface area (TPSA) is 118 Å².